The summed E-state index contributed by atoms with van der Waals surface area (Å²) in [4.78, 5) is 19.9. The van der Waals surface area contributed by atoms with Gasteiger partial charge in [-0.1, -0.05) is 0 Å². The standard InChI is InChI=1S/C5H6O3/c1-4(3-6)5(7)8-2/h1-2H3. The van der Waals surface area contributed by atoms with E-state index in [9.17, 15) is 9.59 Å². The first-order valence-electron chi connectivity index (χ1n) is 2.02. The summed E-state index contributed by atoms with van der Waals surface area (Å²) in [6.45, 7) is 1.35. The van der Waals surface area contributed by atoms with Crippen LogP contribution in [0.4, 0.5) is 0 Å². The van der Waals surface area contributed by atoms with Crippen LogP contribution >= 0.6 is 0 Å². The Hall–Kier alpha value is -1.08. The number of ether oxygens (including phenoxy) is 1. The molecule has 8 heavy (non-hydrogen) atoms. The van der Waals surface area contributed by atoms with E-state index in [-0.39, 0.29) is 5.57 Å². The smallest absolute Gasteiger partial charge is 0.344 e. The van der Waals surface area contributed by atoms with E-state index in [1.807, 2.05) is 0 Å². The molecule has 0 aliphatic rings. The van der Waals surface area contributed by atoms with Crippen LogP contribution in [0.5, 0.6) is 0 Å². The molecule has 0 bridgehead atoms. The van der Waals surface area contributed by atoms with Crippen molar-refractivity contribution in [2.45, 2.75) is 6.92 Å². The Labute approximate surface area is 46.9 Å². The zero-order chi connectivity index (χ0) is 6.57. The highest BCUT2D eigenvalue weighted by Gasteiger charge is 2.00. The lowest BCUT2D eigenvalue weighted by molar-refractivity contribution is -0.135. The quantitative estimate of drug-likeness (QED) is 0.272. The van der Waals surface area contributed by atoms with Crippen LogP contribution in [0.15, 0.2) is 5.57 Å². The largest absolute Gasteiger partial charge is 0.465 e. The highest BCUT2D eigenvalue weighted by atomic mass is 16.5. The molecule has 0 radical (unpaired) electrons. The zero-order valence-corrected chi connectivity index (χ0v) is 4.72. The van der Waals surface area contributed by atoms with Crippen molar-refractivity contribution in [3.8, 4) is 0 Å². The third-order valence-corrected chi connectivity index (χ3v) is 0.645. The second kappa shape index (κ2) is 2.99. The van der Waals surface area contributed by atoms with E-state index in [0.29, 0.717) is 0 Å². The summed E-state index contributed by atoms with van der Waals surface area (Å²) < 4.78 is 4.16. The molecular weight excluding hydrogens is 108 g/mol. The maximum atomic E-state index is 10.2. The Bertz CT molecular complexity index is 142. The molecule has 0 aromatic rings. The summed E-state index contributed by atoms with van der Waals surface area (Å²) in [5, 5.41) is 0. The predicted molar refractivity (Wildman–Crippen MR) is 26.9 cm³/mol. The minimum atomic E-state index is -0.625. The van der Waals surface area contributed by atoms with Gasteiger partial charge in [-0.3, -0.25) is 0 Å². The summed E-state index contributed by atoms with van der Waals surface area (Å²) in [5.74, 6) is 0.783. The molecule has 0 spiro atoms. The van der Waals surface area contributed by atoms with Gasteiger partial charge in [-0.15, -0.1) is 0 Å². The van der Waals surface area contributed by atoms with E-state index in [1.54, 1.807) is 0 Å². The molecule has 3 heteroatoms. The van der Waals surface area contributed by atoms with Gasteiger partial charge in [0.1, 0.15) is 11.5 Å². The first kappa shape index (κ1) is 6.92. The Balaban J connectivity index is 4.04. The molecule has 0 heterocycles. The fourth-order valence-corrected chi connectivity index (χ4v) is 0.195. The molecule has 0 unspecified atom stereocenters. The van der Waals surface area contributed by atoms with Gasteiger partial charge >= 0.3 is 5.97 Å². The summed E-state index contributed by atoms with van der Waals surface area (Å²) in [7, 11) is 1.21. The van der Waals surface area contributed by atoms with Gasteiger partial charge in [0.15, 0.2) is 0 Å². The minimum Gasteiger partial charge on any atom is -0.465 e. The number of carbonyl (C=O) groups excluding carboxylic acids is 2. The first-order valence-corrected chi connectivity index (χ1v) is 2.02. The molecule has 0 amide bonds. The lowest BCUT2D eigenvalue weighted by Gasteiger charge is -1.89. The zero-order valence-electron chi connectivity index (χ0n) is 4.72. The van der Waals surface area contributed by atoms with Crippen LogP contribution < -0.4 is 0 Å². The Morgan fingerprint density at radius 3 is 2.25 bits per heavy atom. The number of methoxy groups -OCH3 is 1. The van der Waals surface area contributed by atoms with Crippen LogP contribution in [0.1, 0.15) is 6.92 Å². The third-order valence-electron chi connectivity index (χ3n) is 0.645. The van der Waals surface area contributed by atoms with Crippen LogP contribution in [0.2, 0.25) is 0 Å². The van der Waals surface area contributed by atoms with Crippen molar-refractivity contribution >= 4 is 11.9 Å². The van der Waals surface area contributed by atoms with Crippen molar-refractivity contribution in [1.82, 2.24) is 0 Å². The van der Waals surface area contributed by atoms with Crippen molar-refractivity contribution < 1.29 is 14.3 Å². The Kier molecular flexibility index (Phi) is 2.59. The summed E-state index contributed by atoms with van der Waals surface area (Å²) in [6.07, 6.45) is 0. The highest BCUT2D eigenvalue weighted by Crippen LogP contribution is 1.86. The molecule has 0 aromatic carbocycles. The van der Waals surface area contributed by atoms with Crippen LogP contribution in [-0.2, 0) is 14.3 Å². The molecule has 0 N–H and O–H groups in total. The van der Waals surface area contributed by atoms with Gasteiger partial charge in [0.25, 0.3) is 0 Å². The molecule has 0 aliphatic heterocycles. The van der Waals surface area contributed by atoms with Crippen molar-refractivity contribution in [2.24, 2.45) is 0 Å². The number of hydrogen-bond donors (Lipinski definition) is 0. The van der Waals surface area contributed by atoms with E-state index >= 15 is 0 Å². The molecule has 0 rings (SSSR count). The average molecular weight is 114 g/mol. The summed E-state index contributed by atoms with van der Waals surface area (Å²) >= 11 is 0. The fourth-order valence-electron chi connectivity index (χ4n) is 0.195. The first-order chi connectivity index (χ1) is 3.72. The molecule has 3 nitrogen and oxygen atoms in total. The van der Waals surface area contributed by atoms with Crippen molar-refractivity contribution in [2.75, 3.05) is 7.11 Å². The van der Waals surface area contributed by atoms with Crippen LogP contribution in [0, 0.1) is 0 Å². The van der Waals surface area contributed by atoms with Gasteiger partial charge in [-0.2, -0.15) is 0 Å². The van der Waals surface area contributed by atoms with Gasteiger partial charge in [0.05, 0.1) is 7.11 Å². The van der Waals surface area contributed by atoms with E-state index < -0.39 is 5.97 Å². The van der Waals surface area contributed by atoms with Crippen LogP contribution in [0.25, 0.3) is 0 Å². The molecule has 44 valence electrons. The van der Waals surface area contributed by atoms with Crippen LogP contribution in [-0.4, -0.2) is 19.0 Å². The number of hydrogen-bond acceptors (Lipinski definition) is 3. The van der Waals surface area contributed by atoms with E-state index in [2.05, 4.69) is 4.74 Å². The molecular formula is C5H6O3. The fraction of sp³-hybridized carbons (Fsp3) is 0.400. The predicted octanol–water partition coefficient (Wildman–Crippen LogP) is -0.0627. The Morgan fingerprint density at radius 1 is 1.62 bits per heavy atom. The van der Waals surface area contributed by atoms with Crippen molar-refractivity contribution in [1.29, 1.82) is 0 Å². The van der Waals surface area contributed by atoms with E-state index in [1.165, 1.54) is 20.0 Å². The Morgan fingerprint density at radius 2 is 2.12 bits per heavy atom. The maximum Gasteiger partial charge on any atom is 0.344 e. The second-order valence-electron chi connectivity index (χ2n) is 1.22. The van der Waals surface area contributed by atoms with Gasteiger partial charge in [-0.25, -0.2) is 9.59 Å². The lowest BCUT2D eigenvalue weighted by Crippen LogP contribution is -2.01. The van der Waals surface area contributed by atoms with Crippen molar-refractivity contribution in [3.63, 3.8) is 0 Å². The molecule has 0 saturated carbocycles. The second-order valence-corrected chi connectivity index (χ2v) is 1.22. The molecule has 0 saturated heterocycles. The normalized spacial score (nSPS) is 7.25. The SMILES string of the molecule is COC(=O)C(C)=C=O. The highest BCUT2D eigenvalue weighted by molar-refractivity contribution is 5.95. The topological polar surface area (TPSA) is 43.4 Å². The number of rotatable bonds is 1. The van der Waals surface area contributed by atoms with Gasteiger partial charge in [0, 0.05) is 0 Å². The van der Waals surface area contributed by atoms with Gasteiger partial charge < -0.3 is 4.74 Å². The van der Waals surface area contributed by atoms with Crippen molar-refractivity contribution in [3.05, 3.63) is 5.57 Å². The lowest BCUT2D eigenvalue weighted by atomic mass is 10.4. The van der Waals surface area contributed by atoms with Crippen LogP contribution in [0.3, 0.4) is 0 Å². The maximum absolute atomic E-state index is 10.2. The average Bonchev–Trinajstić information content (AvgIpc) is 1.84. The van der Waals surface area contributed by atoms with E-state index in [0.717, 1.165) is 0 Å². The molecule has 0 fully saturated rings. The number of esters is 1. The van der Waals surface area contributed by atoms with E-state index in [4.69, 9.17) is 0 Å². The molecule has 0 aromatic heterocycles. The summed E-state index contributed by atoms with van der Waals surface area (Å²) in [6, 6.07) is 0. The molecule has 0 atom stereocenters. The molecule has 0 aliphatic carbocycles. The monoisotopic (exact) mass is 114 g/mol. The van der Waals surface area contributed by atoms with Gasteiger partial charge in [0.2, 0.25) is 0 Å². The minimum absolute atomic E-state index is 0.0347. The van der Waals surface area contributed by atoms with Gasteiger partial charge in [-0.05, 0) is 6.92 Å². The third kappa shape index (κ3) is 1.58. The number of carbonyl (C=O) groups is 1. The summed E-state index contributed by atoms with van der Waals surface area (Å²) in [5.41, 5.74) is -0.0347.